The number of fused-ring (bicyclic) bond motifs is 1. The molecule has 0 aromatic carbocycles. The smallest absolute Gasteiger partial charge is 0.0996 e. The molecule has 6 heteroatoms. The zero-order valence-electron chi connectivity index (χ0n) is 7.56. The normalized spacial score (nSPS) is 53.8. The zero-order chi connectivity index (χ0) is 10.5. The highest BCUT2D eigenvalue weighted by atomic mass is 16.4. The molecular formula is C8H15NO5. The summed E-state index contributed by atoms with van der Waals surface area (Å²) in [5.41, 5.74) is 0. The van der Waals surface area contributed by atoms with Crippen LogP contribution in [0.1, 0.15) is 0 Å². The third-order valence-corrected chi connectivity index (χ3v) is 3.23. The Morgan fingerprint density at radius 2 is 1.64 bits per heavy atom. The molecular weight excluding hydrogens is 190 g/mol. The van der Waals surface area contributed by atoms with Crippen molar-refractivity contribution in [1.82, 2.24) is 4.90 Å². The summed E-state index contributed by atoms with van der Waals surface area (Å²) >= 11 is 0. The van der Waals surface area contributed by atoms with Gasteiger partial charge in [-0.25, -0.2) is 0 Å². The van der Waals surface area contributed by atoms with Gasteiger partial charge in [0.05, 0.1) is 43.1 Å². The molecule has 6 nitrogen and oxygen atoms in total. The van der Waals surface area contributed by atoms with Crippen LogP contribution in [0.3, 0.4) is 0 Å². The van der Waals surface area contributed by atoms with Crippen LogP contribution in [0, 0.1) is 0 Å². The van der Waals surface area contributed by atoms with Crippen LogP contribution in [0.2, 0.25) is 0 Å². The largest absolute Gasteiger partial charge is 0.395 e. The molecule has 2 fully saturated rings. The van der Waals surface area contributed by atoms with E-state index in [4.69, 9.17) is 5.11 Å². The summed E-state index contributed by atoms with van der Waals surface area (Å²) in [6.07, 6.45) is -4.15. The van der Waals surface area contributed by atoms with Crippen LogP contribution in [0.5, 0.6) is 0 Å². The van der Waals surface area contributed by atoms with E-state index in [9.17, 15) is 20.4 Å². The summed E-state index contributed by atoms with van der Waals surface area (Å²) < 4.78 is 0. The number of aliphatic hydroxyl groups excluding tert-OH is 5. The number of nitrogens with zero attached hydrogens (tertiary/aromatic N) is 1. The van der Waals surface area contributed by atoms with Crippen molar-refractivity contribution in [2.75, 3.05) is 13.2 Å². The lowest BCUT2D eigenvalue weighted by Crippen LogP contribution is -2.41. The van der Waals surface area contributed by atoms with Gasteiger partial charge in [0.25, 0.3) is 0 Å². The van der Waals surface area contributed by atoms with Crippen LogP contribution < -0.4 is 0 Å². The van der Waals surface area contributed by atoms with Crippen molar-refractivity contribution in [3.05, 3.63) is 0 Å². The molecule has 82 valence electrons. The van der Waals surface area contributed by atoms with Gasteiger partial charge in [0.1, 0.15) is 0 Å². The highest BCUT2D eigenvalue weighted by Crippen LogP contribution is 2.33. The fourth-order valence-corrected chi connectivity index (χ4v) is 2.46. The number of rotatable bonds is 1. The lowest BCUT2D eigenvalue weighted by Gasteiger charge is -2.22. The van der Waals surface area contributed by atoms with Gasteiger partial charge in [-0.15, -0.1) is 0 Å². The molecule has 2 aliphatic heterocycles. The van der Waals surface area contributed by atoms with Crippen molar-refractivity contribution in [2.24, 2.45) is 0 Å². The van der Waals surface area contributed by atoms with E-state index in [1.54, 1.807) is 4.90 Å². The van der Waals surface area contributed by atoms with E-state index in [0.29, 0.717) is 0 Å². The second-order valence-electron chi connectivity index (χ2n) is 3.98. The maximum Gasteiger partial charge on any atom is 0.0996 e. The molecule has 0 spiro atoms. The molecule has 0 aromatic rings. The Morgan fingerprint density at radius 1 is 1.00 bits per heavy atom. The lowest BCUT2D eigenvalue weighted by molar-refractivity contribution is -0.0268. The summed E-state index contributed by atoms with van der Waals surface area (Å²) in [6, 6.07) is -1.26. The van der Waals surface area contributed by atoms with Gasteiger partial charge >= 0.3 is 0 Å². The first-order valence-electron chi connectivity index (χ1n) is 4.66. The first kappa shape index (κ1) is 10.3. The van der Waals surface area contributed by atoms with Crippen LogP contribution in [-0.4, -0.2) is 80.1 Å². The third kappa shape index (κ3) is 1.19. The molecule has 0 radical (unpaired) electrons. The fraction of sp³-hybridized carbons (Fsp3) is 1.00. The minimum Gasteiger partial charge on any atom is -0.395 e. The van der Waals surface area contributed by atoms with Gasteiger partial charge in [0.2, 0.25) is 0 Å². The van der Waals surface area contributed by atoms with Crippen molar-refractivity contribution in [3.8, 4) is 0 Å². The molecule has 0 amide bonds. The van der Waals surface area contributed by atoms with E-state index >= 15 is 0 Å². The summed E-state index contributed by atoms with van der Waals surface area (Å²) in [5.74, 6) is 0. The van der Waals surface area contributed by atoms with Crippen LogP contribution in [0.4, 0.5) is 0 Å². The number of hydrogen-bond donors (Lipinski definition) is 5. The van der Waals surface area contributed by atoms with Gasteiger partial charge < -0.3 is 25.5 Å². The van der Waals surface area contributed by atoms with Crippen molar-refractivity contribution < 1.29 is 25.5 Å². The molecule has 0 saturated carbocycles. The molecule has 2 saturated heterocycles. The Morgan fingerprint density at radius 3 is 2.21 bits per heavy atom. The van der Waals surface area contributed by atoms with Crippen LogP contribution in [0.25, 0.3) is 0 Å². The van der Waals surface area contributed by atoms with Crippen LogP contribution in [0.15, 0.2) is 0 Å². The average molecular weight is 205 g/mol. The molecule has 2 aliphatic rings. The summed E-state index contributed by atoms with van der Waals surface area (Å²) in [4.78, 5) is 1.56. The predicted octanol–water partition coefficient (Wildman–Crippen LogP) is -3.51. The monoisotopic (exact) mass is 205 g/mol. The van der Waals surface area contributed by atoms with E-state index in [-0.39, 0.29) is 13.2 Å². The average Bonchev–Trinajstić information content (AvgIpc) is 2.54. The van der Waals surface area contributed by atoms with Crippen LogP contribution >= 0.6 is 0 Å². The second-order valence-corrected chi connectivity index (χ2v) is 3.98. The molecule has 6 atom stereocenters. The van der Waals surface area contributed by atoms with Gasteiger partial charge in [-0.1, -0.05) is 0 Å². The zero-order valence-corrected chi connectivity index (χ0v) is 7.56. The Hall–Kier alpha value is -0.240. The molecule has 0 aliphatic carbocycles. The lowest BCUT2D eigenvalue weighted by atomic mass is 10.0. The number of aliphatic hydroxyl groups is 5. The third-order valence-electron chi connectivity index (χ3n) is 3.23. The van der Waals surface area contributed by atoms with Crippen molar-refractivity contribution in [2.45, 2.75) is 36.5 Å². The number of hydrogen-bond acceptors (Lipinski definition) is 6. The highest BCUT2D eigenvalue weighted by Gasteiger charge is 2.56. The maximum atomic E-state index is 9.58. The van der Waals surface area contributed by atoms with E-state index < -0.39 is 36.5 Å². The molecule has 0 unspecified atom stereocenters. The van der Waals surface area contributed by atoms with Gasteiger partial charge in [-0.3, -0.25) is 4.90 Å². The molecule has 2 rings (SSSR count). The van der Waals surface area contributed by atoms with Gasteiger partial charge in [-0.05, 0) is 0 Å². The standard InChI is InChI=1S/C8H15NO5/c10-2-3-6(12)8(14)5-7(13)4(11)1-9(3)5/h3-8,10-14H,1-2H2/t3-,4-,5+,6-,7+,8+/m0/s1. The molecule has 2 heterocycles. The minimum atomic E-state index is -1.11. The minimum absolute atomic E-state index is 0.172. The van der Waals surface area contributed by atoms with Crippen LogP contribution in [-0.2, 0) is 0 Å². The van der Waals surface area contributed by atoms with Crippen molar-refractivity contribution >= 4 is 0 Å². The van der Waals surface area contributed by atoms with Gasteiger partial charge in [-0.2, -0.15) is 0 Å². The quantitative estimate of drug-likeness (QED) is 0.304. The summed E-state index contributed by atoms with van der Waals surface area (Å²) in [6.45, 7) is -0.126. The van der Waals surface area contributed by atoms with E-state index in [2.05, 4.69) is 0 Å². The first-order valence-corrected chi connectivity index (χ1v) is 4.66. The van der Waals surface area contributed by atoms with Crippen molar-refractivity contribution in [1.29, 1.82) is 0 Å². The van der Waals surface area contributed by atoms with Gasteiger partial charge in [0.15, 0.2) is 0 Å². The first-order chi connectivity index (χ1) is 6.57. The van der Waals surface area contributed by atoms with Gasteiger partial charge in [0, 0.05) is 6.54 Å². The maximum absolute atomic E-state index is 9.58. The molecule has 5 N–H and O–H groups in total. The Kier molecular flexibility index (Phi) is 2.50. The topological polar surface area (TPSA) is 104 Å². The van der Waals surface area contributed by atoms with E-state index in [1.165, 1.54) is 0 Å². The second kappa shape index (κ2) is 3.41. The Bertz CT molecular complexity index is 226. The highest BCUT2D eigenvalue weighted by molar-refractivity contribution is 5.09. The molecule has 0 bridgehead atoms. The molecule has 0 aromatic heterocycles. The van der Waals surface area contributed by atoms with Crippen molar-refractivity contribution in [3.63, 3.8) is 0 Å². The predicted molar refractivity (Wildman–Crippen MR) is 45.4 cm³/mol. The Balaban J connectivity index is 2.21. The summed E-state index contributed by atoms with van der Waals surface area (Å²) in [5, 5.41) is 47.0. The van der Waals surface area contributed by atoms with E-state index in [0.717, 1.165) is 0 Å². The molecule has 14 heavy (non-hydrogen) atoms. The SMILES string of the molecule is OC[C@H]1[C@H](O)[C@H](O)[C@H]2[C@H](O)[C@@H](O)CN21. The summed E-state index contributed by atoms with van der Waals surface area (Å²) in [7, 11) is 0. The Labute approximate surface area is 81.0 Å². The fourth-order valence-electron chi connectivity index (χ4n) is 2.46. The van der Waals surface area contributed by atoms with E-state index in [1.807, 2.05) is 0 Å².